The van der Waals surface area contributed by atoms with Gasteiger partial charge >= 0.3 is 6.09 Å². The number of hydrogen-bond acceptors (Lipinski definition) is 3. The first-order valence-corrected chi connectivity index (χ1v) is 5.04. The number of carbonyl (C=O) groups is 1. The summed E-state index contributed by atoms with van der Waals surface area (Å²) in [6, 6.07) is 0. The summed E-state index contributed by atoms with van der Waals surface area (Å²) < 4.78 is 9.97. The van der Waals surface area contributed by atoms with Gasteiger partial charge in [-0.2, -0.15) is 0 Å². The second-order valence-corrected chi connectivity index (χ2v) is 4.31. The number of halogens is 1. The quantitative estimate of drug-likeness (QED) is 0.475. The van der Waals surface area contributed by atoms with Gasteiger partial charge in [0, 0.05) is 0 Å². The number of carboxylic acid groups (broad SMARTS) is 1. The number of rotatable bonds is 3. The summed E-state index contributed by atoms with van der Waals surface area (Å²) in [4.78, 5) is 10.4. The number of carbonyl (C=O) groups excluding carboxylic acids is 1. The van der Waals surface area contributed by atoms with Crippen molar-refractivity contribution < 1.29 is 18.3 Å². The van der Waals surface area contributed by atoms with Crippen LogP contribution in [0.4, 0.5) is 4.79 Å². The minimum absolute atomic E-state index is 0.207. The van der Waals surface area contributed by atoms with Crippen LogP contribution in [0.3, 0.4) is 0 Å². The lowest BCUT2D eigenvalue weighted by Crippen LogP contribution is -2.57. The molecule has 0 spiro atoms. The van der Waals surface area contributed by atoms with E-state index in [2.05, 4.69) is 0 Å². The molecule has 0 aliphatic carbocycles. The Kier molecular flexibility index (Phi) is 4.17. The molecule has 0 aromatic rings. The molecule has 0 N–H and O–H groups in total. The van der Waals surface area contributed by atoms with E-state index in [1.54, 1.807) is 6.92 Å². The number of amides is 1. The molecular formula is C5H10ClNO3S. The zero-order chi connectivity index (χ0) is 9.07. The molecule has 0 heterocycles. The fourth-order valence-corrected chi connectivity index (χ4v) is 1.47. The molecule has 0 saturated heterocycles. The van der Waals surface area contributed by atoms with Gasteiger partial charge in [-0.15, -0.1) is 0 Å². The molecule has 66 valence electrons. The molecule has 4 nitrogen and oxygen atoms in total. The van der Waals surface area contributed by atoms with Crippen molar-refractivity contribution in [3.63, 3.8) is 0 Å². The first-order chi connectivity index (χ1) is 4.95. The molecule has 0 aliphatic rings. The van der Waals surface area contributed by atoms with Crippen LogP contribution >= 0.6 is 10.7 Å². The van der Waals surface area contributed by atoms with Crippen LogP contribution in [0, 0.1) is 0 Å². The van der Waals surface area contributed by atoms with E-state index >= 15 is 0 Å². The highest BCUT2D eigenvalue weighted by Crippen LogP contribution is 2.16. The normalized spacial score (nSPS) is 18.9. The number of quaternary nitrogens is 1. The smallest absolute Gasteiger partial charge is 0.305 e. The van der Waals surface area contributed by atoms with E-state index < -0.39 is 20.6 Å². The maximum atomic E-state index is 10.7. The van der Waals surface area contributed by atoms with E-state index in [-0.39, 0.29) is 6.54 Å². The minimum Gasteiger partial charge on any atom is -0.547 e. The van der Waals surface area contributed by atoms with Crippen molar-refractivity contribution in [2.45, 2.75) is 13.3 Å². The van der Waals surface area contributed by atoms with Gasteiger partial charge in [-0.05, 0) is 6.42 Å². The molecule has 2 unspecified atom stereocenters. The van der Waals surface area contributed by atoms with Gasteiger partial charge in [0.1, 0.15) is 13.6 Å². The molecule has 1 amide bonds. The Morgan fingerprint density at radius 1 is 1.73 bits per heavy atom. The van der Waals surface area contributed by atoms with Crippen molar-refractivity contribution >= 4 is 27.4 Å². The maximum Gasteiger partial charge on any atom is 0.305 e. The van der Waals surface area contributed by atoms with E-state index in [9.17, 15) is 14.5 Å². The highest BCUT2D eigenvalue weighted by Gasteiger charge is 2.37. The first kappa shape index (κ1) is 11.0. The predicted molar refractivity (Wildman–Crippen MR) is 40.7 cm³/mol. The molecule has 11 heavy (non-hydrogen) atoms. The van der Waals surface area contributed by atoms with Crippen LogP contribution in [0.25, 0.3) is 0 Å². The highest BCUT2D eigenvalue weighted by atomic mass is 35.7. The third kappa shape index (κ3) is 2.52. The lowest BCUT2D eigenvalue weighted by molar-refractivity contribution is -0.734. The molecule has 0 fully saturated rings. The Bertz CT molecular complexity index is 155. The second kappa shape index (κ2) is 4.15. The topological polar surface area (TPSA) is 63.2 Å². The Hall–Kier alpha value is 0.0300. The second-order valence-electron chi connectivity index (χ2n) is 2.30. The molecule has 0 radical (unpaired) electrons. The van der Waals surface area contributed by atoms with Gasteiger partial charge < -0.3 is 14.5 Å². The zero-order valence-electron chi connectivity index (χ0n) is 6.37. The summed E-state index contributed by atoms with van der Waals surface area (Å²) in [6.07, 6.45) is -0.830. The highest BCUT2D eigenvalue weighted by molar-refractivity contribution is 8.09. The van der Waals surface area contributed by atoms with E-state index in [0.717, 1.165) is 0 Å². The van der Waals surface area contributed by atoms with Gasteiger partial charge in [0.25, 0.3) is 10.6 Å². The van der Waals surface area contributed by atoms with Gasteiger partial charge in [0.2, 0.25) is 10.7 Å². The molecule has 0 aliphatic heterocycles. The van der Waals surface area contributed by atoms with Gasteiger partial charge in [-0.3, -0.25) is 0 Å². The summed E-state index contributed by atoms with van der Waals surface area (Å²) in [6.45, 7) is 1.99. The molecule has 6 heteroatoms. The molecule has 0 aromatic heterocycles. The van der Waals surface area contributed by atoms with Crippen molar-refractivity contribution in [3.8, 4) is 0 Å². The number of nitrogens with zero attached hydrogens (tertiary/aromatic N) is 1. The van der Waals surface area contributed by atoms with Crippen LogP contribution in [0.2, 0.25) is 0 Å². The van der Waals surface area contributed by atoms with Crippen LogP contribution in [0.1, 0.15) is 13.3 Å². The van der Waals surface area contributed by atoms with Crippen molar-refractivity contribution in [2.75, 3.05) is 13.6 Å². The van der Waals surface area contributed by atoms with Gasteiger partial charge in [-0.1, -0.05) is 10.8 Å². The molecule has 0 bridgehead atoms. The lowest BCUT2D eigenvalue weighted by Gasteiger charge is -2.26. The monoisotopic (exact) mass is 199 g/mol. The Balaban J connectivity index is 4.38. The van der Waals surface area contributed by atoms with Gasteiger partial charge in [-0.25, -0.2) is 0 Å². The van der Waals surface area contributed by atoms with Crippen molar-refractivity contribution in [3.05, 3.63) is 0 Å². The third-order valence-electron chi connectivity index (χ3n) is 1.35. The van der Waals surface area contributed by atoms with Crippen LogP contribution in [0.15, 0.2) is 0 Å². The molecule has 0 saturated carbocycles. The van der Waals surface area contributed by atoms with Crippen LogP contribution < -0.4 is 5.11 Å². The Labute approximate surface area is 73.2 Å². The van der Waals surface area contributed by atoms with E-state index in [4.69, 9.17) is 10.7 Å². The summed E-state index contributed by atoms with van der Waals surface area (Å²) in [7, 11) is 4.50. The third-order valence-corrected chi connectivity index (χ3v) is 3.23. The maximum absolute atomic E-state index is 10.7. The molecule has 0 aromatic carbocycles. The average molecular weight is 200 g/mol. The molecule has 2 atom stereocenters. The Morgan fingerprint density at radius 2 is 2.18 bits per heavy atom. The molecule has 0 rings (SSSR count). The summed E-state index contributed by atoms with van der Waals surface area (Å²) in [5, 5.41) is 10.4. The van der Waals surface area contributed by atoms with Crippen molar-refractivity contribution in [1.82, 2.24) is 0 Å². The average Bonchev–Trinajstić information content (AvgIpc) is 1.87. The fourth-order valence-electron chi connectivity index (χ4n) is 0.648. The first-order valence-electron chi connectivity index (χ1n) is 3.11. The number of hydrogen-bond donors (Lipinski definition) is 0. The van der Waals surface area contributed by atoms with E-state index in [0.29, 0.717) is 6.42 Å². The largest absolute Gasteiger partial charge is 0.547 e. The lowest BCUT2D eigenvalue weighted by atomic mass is 10.4. The minimum atomic E-state index is -1.95. The summed E-state index contributed by atoms with van der Waals surface area (Å²) in [5.74, 6) is 0. The van der Waals surface area contributed by atoms with E-state index in [1.165, 1.54) is 7.05 Å². The van der Waals surface area contributed by atoms with E-state index in [1.807, 2.05) is 0 Å². The van der Waals surface area contributed by atoms with Crippen LogP contribution in [0.5, 0.6) is 0 Å². The van der Waals surface area contributed by atoms with Crippen molar-refractivity contribution in [1.29, 1.82) is 0 Å². The Morgan fingerprint density at radius 3 is 2.27 bits per heavy atom. The van der Waals surface area contributed by atoms with Crippen LogP contribution in [-0.2, 0) is 10.6 Å². The fraction of sp³-hybridized carbons (Fsp3) is 0.800. The predicted octanol–water partition coefficient (Wildman–Crippen LogP) is 0.00380. The van der Waals surface area contributed by atoms with Crippen LogP contribution in [-0.4, -0.2) is 28.1 Å². The van der Waals surface area contributed by atoms with Gasteiger partial charge in [0.05, 0.1) is 0 Å². The van der Waals surface area contributed by atoms with Crippen molar-refractivity contribution in [2.24, 2.45) is 0 Å². The SMILES string of the molecule is CCC[N+](C)(C(=O)[O-])[S+]([O-])Cl. The molecular weight excluding hydrogens is 190 g/mol. The van der Waals surface area contributed by atoms with Gasteiger partial charge in [0.15, 0.2) is 0 Å². The standard InChI is InChI=1S/C5H10ClNO3S/c1-3-4-7(2,5(8)9)11(6)10/h3-4H2,1-2H3. The summed E-state index contributed by atoms with van der Waals surface area (Å²) >= 11 is 0. The zero-order valence-corrected chi connectivity index (χ0v) is 7.94. The summed E-state index contributed by atoms with van der Waals surface area (Å²) in [5.41, 5.74) is 0.